The fourth-order valence-electron chi connectivity index (χ4n) is 2.94. The van der Waals surface area contributed by atoms with Crippen LogP contribution in [0.4, 0.5) is 25.1 Å². The van der Waals surface area contributed by atoms with Crippen LogP contribution in [0.5, 0.6) is 0 Å². The van der Waals surface area contributed by atoms with Gasteiger partial charge in [-0.05, 0) is 31.5 Å². The SMILES string of the molecule is CCc1nc(-c2nnn(C)c2NC(=O)O[C@H](C)c2cc(F)cnc2F)ccc1NS(C)(=O)=O. The lowest BCUT2D eigenvalue weighted by molar-refractivity contribution is 0.118. The first kappa shape index (κ1) is 24.0. The molecule has 1 atom stereocenters. The van der Waals surface area contributed by atoms with E-state index in [1.165, 1.54) is 30.8 Å². The Kier molecular flexibility index (Phi) is 6.86. The van der Waals surface area contributed by atoms with Gasteiger partial charge in [0.25, 0.3) is 0 Å². The fraction of sp³-hybridized carbons (Fsp3) is 0.316. The van der Waals surface area contributed by atoms with E-state index in [0.717, 1.165) is 12.3 Å². The molecule has 0 aromatic carbocycles. The third-order valence-electron chi connectivity index (χ3n) is 4.45. The standard InChI is InChI=1S/C19H21F2N7O4S/c1-5-13-14(26-33(4,30)31)6-7-15(23-13)16-18(28(3)27-25-16)24-19(29)32-10(2)12-8-11(20)9-22-17(12)21/h6-10,26H,5H2,1-4H3,(H,24,29)/t10-/m1/s1. The highest BCUT2D eigenvalue weighted by atomic mass is 32.2. The van der Waals surface area contributed by atoms with E-state index >= 15 is 0 Å². The Morgan fingerprint density at radius 3 is 2.70 bits per heavy atom. The van der Waals surface area contributed by atoms with Gasteiger partial charge in [-0.1, -0.05) is 12.1 Å². The van der Waals surface area contributed by atoms with Crippen LogP contribution >= 0.6 is 0 Å². The van der Waals surface area contributed by atoms with E-state index in [0.29, 0.717) is 29.7 Å². The summed E-state index contributed by atoms with van der Waals surface area (Å²) in [6.45, 7) is 3.17. The fourth-order valence-corrected chi connectivity index (χ4v) is 3.52. The number of hydrogen-bond donors (Lipinski definition) is 2. The summed E-state index contributed by atoms with van der Waals surface area (Å²) in [7, 11) is -1.98. The molecule has 0 unspecified atom stereocenters. The van der Waals surface area contributed by atoms with E-state index in [-0.39, 0.29) is 17.1 Å². The maximum absolute atomic E-state index is 13.8. The minimum atomic E-state index is -3.50. The number of carbonyl (C=O) groups is 1. The van der Waals surface area contributed by atoms with Crippen molar-refractivity contribution in [2.45, 2.75) is 26.4 Å². The molecule has 14 heteroatoms. The van der Waals surface area contributed by atoms with Gasteiger partial charge in [0.2, 0.25) is 16.0 Å². The summed E-state index contributed by atoms with van der Waals surface area (Å²) in [5.74, 6) is -1.60. The second kappa shape index (κ2) is 9.44. The monoisotopic (exact) mass is 481 g/mol. The third-order valence-corrected chi connectivity index (χ3v) is 5.04. The second-order valence-corrected chi connectivity index (χ2v) is 8.78. The van der Waals surface area contributed by atoms with Crippen LogP contribution in [0.2, 0.25) is 0 Å². The minimum Gasteiger partial charge on any atom is -0.441 e. The smallest absolute Gasteiger partial charge is 0.413 e. The number of nitrogens with one attached hydrogen (secondary N) is 2. The van der Waals surface area contributed by atoms with Crippen molar-refractivity contribution in [3.63, 3.8) is 0 Å². The third kappa shape index (κ3) is 5.77. The molecule has 176 valence electrons. The highest BCUT2D eigenvalue weighted by Crippen LogP contribution is 2.27. The molecule has 33 heavy (non-hydrogen) atoms. The topological polar surface area (TPSA) is 141 Å². The lowest BCUT2D eigenvalue weighted by Crippen LogP contribution is -2.19. The van der Waals surface area contributed by atoms with Gasteiger partial charge in [0.05, 0.1) is 35.1 Å². The van der Waals surface area contributed by atoms with E-state index in [1.807, 2.05) is 0 Å². The lowest BCUT2D eigenvalue weighted by atomic mass is 10.2. The first-order valence-corrected chi connectivity index (χ1v) is 11.5. The van der Waals surface area contributed by atoms with Crippen LogP contribution in [-0.4, -0.2) is 45.7 Å². The number of rotatable bonds is 7. The van der Waals surface area contributed by atoms with Crippen molar-refractivity contribution in [3.05, 3.63) is 47.4 Å². The summed E-state index contributed by atoms with van der Waals surface area (Å²) in [4.78, 5) is 20.1. The first-order valence-electron chi connectivity index (χ1n) is 9.64. The average molecular weight is 481 g/mol. The first-order chi connectivity index (χ1) is 15.5. The van der Waals surface area contributed by atoms with E-state index in [1.54, 1.807) is 6.92 Å². The van der Waals surface area contributed by atoms with Crippen LogP contribution in [0.3, 0.4) is 0 Å². The number of carbonyl (C=O) groups excluding carboxylic acids is 1. The molecule has 0 saturated heterocycles. The molecule has 3 rings (SSSR count). The van der Waals surface area contributed by atoms with Crippen molar-refractivity contribution in [1.82, 2.24) is 25.0 Å². The summed E-state index contributed by atoms with van der Waals surface area (Å²) in [6, 6.07) is 3.93. The van der Waals surface area contributed by atoms with Crippen molar-refractivity contribution in [1.29, 1.82) is 0 Å². The van der Waals surface area contributed by atoms with Gasteiger partial charge < -0.3 is 4.74 Å². The number of amides is 1. The number of pyridine rings is 2. The molecule has 0 fully saturated rings. The lowest BCUT2D eigenvalue weighted by Gasteiger charge is -2.15. The molecule has 0 aliphatic rings. The van der Waals surface area contributed by atoms with Crippen LogP contribution < -0.4 is 10.0 Å². The zero-order valence-corrected chi connectivity index (χ0v) is 18.9. The van der Waals surface area contributed by atoms with Crippen molar-refractivity contribution < 1.29 is 26.7 Å². The van der Waals surface area contributed by atoms with Gasteiger partial charge >= 0.3 is 6.09 Å². The van der Waals surface area contributed by atoms with Crippen LogP contribution in [0.1, 0.15) is 31.2 Å². The number of ether oxygens (including phenoxy) is 1. The quantitative estimate of drug-likeness (QED) is 0.491. The summed E-state index contributed by atoms with van der Waals surface area (Å²) in [6.07, 6.45) is 0.0613. The number of anilines is 2. The van der Waals surface area contributed by atoms with Gasteiger partial charge in [-0.3, -0.25) is 10.0 Å². The molecule has 0 spiro atoms. The molecule has 3 aromatic heterocycles. The van der Waals surface area contributed by atoms with Crippen molar-refractivity contribution in [2.75, 3.05) is 16.3 Å². The number of nitrogens with zero attached hydrogens (tertiary/aromatic N) is 5. The highest BCUT2D eigenvalue weighted by molar-refractivity contribution is 7.92. The minimum absolute atomic E-state index is 0.128. The van der Waals surface area contributed by atoms with Crippen LogP contribution in [0, 0.1) is 11.8 Å². The van der Waals surface area contributed by atoms with Gasteiger partial charge in [0.15, 0.2) is 11.5 Å². The van der Waals surface area contributed by atoms with Gasteiger partial charge in [0.1, 0.15) is 11.9 Å². The highest BCUT2D eigenvalue weighted by Gasteiger charge is 2.22. The van der Waals surface area contributed by atoms with Gasteiger partial charge in [-0.15, -0.1) is 5.10 Å². The summed E-state index contributed by atoms with van der Waals surface area (Å²) >= 11 is 0. The molecule has 3 heterocycles. The van der Waals surface area contributed by atoms with Gasteiger partial charge in [-0.2, -0.15) is 4.39 Å². The largest absolute Gasteiger partial charge is 0.441 e. The molecule has 2 N–H and O–H groups in total. The Labute approximate surface area is 188 Å². The molecular weight excluding hydrogens is 460 g/mol. The summed E-state index contributed by atoms with van der Waals surface area (Å²) in [5.41, 5.74) is 1.07. The maximum atomic E-state index is 13.8. The molecule has 3 aromatic rings. The Morgan fingerprint density at radius 1 is 1.30 bits per heavy atom. The number of halogens is 2. The predicted octanol–water partition coefficient (Wildman–Crippen LogP) is 2.79. The van der Waals surface area contributed by atoms with E-state index in [2.05, 4.69) is 30.3 Å². The van der Waals surface area contributed by atoms with Gasteiger partial charge in [-0.25, -0.2) is 32.3 Å². The van der Waals surface area contributed by atoms with Crippen molar-refractivity contribution >= 4 is 27.6 Å². The summed E-state index contributed by atoms with van der Waals surface area (Å²) < 4.78 is 59.1. The van der Waals surface area contributed by atoms with Gasteiger partial charge in [0, 0.05) is 7.05 Å². The predicted molar refractivity (Wildman–Crippen MR) is 115 cm³/mol. The maximum Gasteiger partial charge on any atom is 0.413 e. The molecule has 0 aliphatic heterocycles. The molecular formula is C19H21F2N7O4S. The molecule has 1 amide bonds. The Balaban J connectivity index is 1.84. The second-order valence-electron chi connectivity index (χ2n) is 7.03. The number of hydrogen-bond acceptors (Lipinski definition) is 8. The molecule has 0 bridgehead atoms. The van der Waals surface area contributed by atoms with E-state index < -0.39 is 34.0 Å². The van der Waals surface area contributed by atoms with Crippen LogP contribution in [0.25, 0.3) is 11.4 Å². The van der Waals surface area contributed by atoms with E-state index in [9.17, 15) is 22.0 Å². The molecule has 11 nitrogen and oxygen atoms in total. The number of aromatic nitrogens is 5. The molecule has 0 aliphatic carbocycles. The van der Waals surface area contributed by atoms with Crippen LogP contribution in [-0.2, 0) is 28.2 Å². The van der Waals surface area contributed by atoms with Crippen molar-refractivity contribution in [2.24, 2.45) is 7.05 Å². The Morgan fingerprint density at radius 2 is 2.03 bits per heavy atom. The van der Waals surface area contributed by atoms with Crippen molar-refractivity contribution in [3.8, 4) is 11.4 Å². The summed E-state index contributed by atoms with van der Waals surface area (Å²) in [5, 5.41) is 10.3. The zero-order valence-electron chi connectivity index (χ0n) is 18.1. The zero-order chi connectivity index (χ0) is 24.3. The number of sulfonamides is 1. The number of aryl methyl sites for hydroxylation is 2. The molecule has 0 radical (unpaired) electrons. The van der Waals surface area contributed by atoms with Crippen LogP contribution in [0.15, 0.2) is 24.4 Å². The Bertz CT molecular complexity index is 1300. The normalized spacial score (nSPS) is 12.3. The average Bonchev–Trinajstić information content (AvgIpc) is 3.09. The Hall–Kier alpha value is -3.68. The van der Waals surface area contributed by atoms with E-state index in [4.69, 9.17) is 4.74 Å². The molecule has 0 saturated carbocycles.